The first kappa shape index (κ1) is 19.0. The van der Waals surface area contributed by atoms with Crippen molar-refractivity contribution in [3.63, 3.8) is 0 Å². The average Bonchev–Trinajstić information content (AvgIpc) is 2.55. The molecule has 0 fully saturated rings. The number of rotatable bonds is 7. The van der Waals surface area contributed by atoms with Crippen LogP contribution in [-0.4, -0.2) is 38.5 Å². The SMILES string of the molecule is CS(=O)(=O)Cc1ccccc1NC(=O)NC(CO)Cc1ccccc1. The lowest BCUT2D eigenvalue weighted by molar-refractivity contribution is 0.224. The summed E-state index contributed by atoms with van der Waals surface area (Å²) < 4.78 is 23.0. The van der Waals surface area contributed by atoms with E-state index in [1.807, 2.05) is 30.3 Å². The smallest absolute Gasteiger partial charge is 0.319 e. The molecule has 2 amide bonds. The van der Waals surface area contributed by atoms with Gasteiger partial charge >= 0.3 is 6.03 Å². The molecule has 0 aliphatic heterocycles. The van der Waals surface area contributed by atoms with Crippen LogP contribution in [0, 0.1) is 0 Å². The highest BCUT2D eigenvalue weighted by atomic mass is 32.2. The molecule has 2 rings (SSSR count). The number of hydrogen-bond donors (Lipinski definition) is 3. The van der Waals surface area contributed by atoms with Gasteiger partial charge in [0.15, 0.2) is 9.84 Å². The van der Waals surface area contributed by atoms with E-state index in [1.54, 1.807) is 24.3 Å². The number of amides is 2. The number of sulfone groups is 1. The number of aliphatic hydroxyl groups is 1. The van der Waals surface area contributed by atoms with Crippen molar-refractivity contribution in [3.05, 3.63) is 65.7 Å². The van der Waals surface area contributed by atoms with Gasteiger partial charge in [0.2, 0.25) is 0 Å². The summed E-state index contributed by atoms with van der Waals surface area (Å²) in [6, 6.07) is 15.3. The van der Waals surface area contributed by atoms with Crippen LogP contribution in [0.3, 0.4) is 0 Å². The van der Waals surface area contributed by atoms with Crippen LogP contribution in [0.4, 0.5) is 10.5 Å². The summed E-state index contributed by atoms with van der Waals surface area (Å²) in [7, 11) is -3.22. The molecule has 0 heterocycles. The van der Waals surface area contributed by atoms with Crippen LogP contribution in [-0.2, 0) is 22.0 Å². The monoisotopic (exact) mass is 362 g/mol. The molecule has 0 aliphatic rings. The van der Waals surface area contributed by atoms with Crippen LogP contribution >= 0.6 is 0 Å². The molecule has 0 bridgehead atoms. The van der Waals surface area contributed by atoms with E-state index >= 15 is 0 Å². The highest BCUT2D eigenvalue weighted by molar-refractivity contribution is 7.89. The van der Waals surface area contributed by atoms with E-state index in [4.69, 9.17) is 0 Å². The summed E-state index contributed by atoms with van der Waals surface area (Å²) in [5.74, 6) is -0.156. The van der Waals surface area contributed by atoms with Crippen LogP contribution in [0.25, 0.3) is 0 Å². The highest BCUT2D eigenvalue weighted by Crippen LogP contribution is 2.17. The molecule has 134 valence electrons. The molecule has 6 nitrogen and oxygen atoms in total. The summed E-state index contributed by atoms with van der Waals surface area (Å²) in [5.41, 5.74) is 1.95. The Balaban J connectivity index is 2.02. The minimum atomic E-state index is -3.22. The summed E-state index contributed by atoms with van der Waals surface area (Å²) in [4.78, 5) is 12.2. The van der Waals surface area contributed by atoms with Crippen LogP contribution in [0.2, 0.25) is 0 Å². The Kier molecular flexibility index (Phi) is 6.55. The molecular formula is C18H22N2O4S. The van der Waals surface area contributed by atoms with Gasteiger partial charge in [0.05, 0.1) is 18.4 Å². The first-order valence-corrected chi connectivity index (χ1v) is 9.91. The Labute approximate surface area is 147 Å². The van der Waals surface area contributed by atoms with Crippen LogP contribution in [0.1, 0.15) is 11.1 Å². The van der Waals surface area contributed by atoms with E-state index in [1.165, 1.54) is 0 Å². The van der Waals surface area contributed by atoms with Gasteiger partial charge in [0.25, 0.3) is 0 Å². The van der Waals surface area contributed by atoms with Crippen molar-refractivity contribution in [2.24, 2.45) is 0 Å². The first-order valence-electron chi connectivity index (χ1n) is 7.85. The molecule has 7 heteroatoms. The molecule has 1 atom stereocenters. The van der Waals surface area contributed by atoms with Gasteiger partial charge in [-0.3, -0.25) is 0 Å². The van der Waals surface area contributed by atoms with E-state index in [9.17, 15) is 18.3 Å². The summed E-state index contributed by atoms with van der Waals surface area (Å²) in [6.07, 6.45) is 1.64. The zero-order chi connectivity index (χ0) is 18.3. The Morgan fingerprint density at radius 1 is 1.08 bits per heavy atom. The van der Waals surface area contributed by atoms with Gasteiger partial charge in [0.1, 0.15) is 0 Å². The minimum Gasteiger partial charge on any atom is -0.394 e. The average molecular weight is 362 g/mol. The van der Waals surface area contributed by atoms with E-state index in [0.717, 1.165) is 11.8 Å². The molecule has 0 aliphatic carbocycles. The molecule has 0 saturated heterocycles. The fraction of sp³-hybridized carbons (Fsp3) is 0.278. The lowest BCUT2D eigenvalue weighted by Crippen LogP contribution is -2.41. The van der Waals surface area contributed by atoms with Crippen LogP contribution in [0.5, 0.6) is 0 Å². The first-order chi connectivity index (χ1) is 11.9. The third-order valence-electron chi connectivity index (χ3n) is 3.56. The van der Waals surface area contributed by atoms with Gasteiger partial charge in [-0.25, -0.2) is 13.2 Å². The summed E-state index contributed by atoms with van der Waals surface area (Å²) in [6.45, 7) is -0.201. The van der Waals surface area contributed by atoms with Gasteiger partial charge in [-0.05, 0) is 23.6 Å². The maximum absolute atomic E-state index is 12.2. The lowest BCUT2D eigenvalue weighted by atomic mass is 10.1. The number of aliphatic hydroxyl groups excluding tert-OH is 1. The van der Waals surface area contributed by atoms with Gasteiger partial charge in [-0.15, -0.1) is 0 Å². The van der Waals surface area contributed by atoms with Gasteiger partial charge < -0.3 is 15.7 Å². The quantitative estimate of drug-likeness (QED) is 0.702. The fourth-order valence-electron chi connectivity index (χ4n) is 2.45. The Morgan fingerprint density at radius 3 is 2.36 bits per heavy atom. The van der Waals surface area contributed by atoms with E-state index in [-0.39, 0.29) is 12.4 Å². The molecule has 1 unspecified atom stereocenters. The topological polar surface area (TPSA) is 95.5 Å². The van der Waals surface area contributed by atoms with E-state index < -0.39 is 21.9 Å². The predicted octanol–water partition coefficient (Wildman–Crippen LogP) is 1.96. The number of benzene rings is 2. The molecule has 0 radical (unpaired) electrons. The van der Waals surface area contributed by atoms with Gasteiger partial charge in [-0.2, -0.15) is 0 Å². The zero-order valence-electron chi connectivity index (χ0n) is 14.0. The van der Waals surface area contributed by atoms with Crippen molar-refractivity contribution in [3.8, 4) is 0 Å². The number of carbonyl (C=O) groups is 1. The number of carbonyl (C=O) groups excluding carboxylic acids is 1. The summed E-state index contributed by atoms with van der Waals surface area (Å²) in [5, 5.41) is 14.9. The second-order valence-corrected chi connectivity index (χ2v) is 8.04. The normalized spacial score (nSPS) is 12.4. The number of para-hydroxylation sites is 1. The third-order valence-corrected chi connectivity index (χ3v) is 4.40. The minimum absolute atomic E-state index is 0.156. The van der Waals surface area contributed by atoms with Crippen molar-refractivity contribution in [1.29, 1.82) is 0 Å². The van der Waals surface area contributed by atoms with Crippen molar-refractivity contribution in [1.82, 2.24) is 5.32 Å². The maximum atomic E-state index is 12.2. The van der Waals surface area contributed by atoms with Gasteiger partial charge in [0, 0.05) is 11.9 Å². The summed E-state index contributed by atoms with van der Waals surface area (Å²) >= 11 is 0. The van der Waals surface area contributed by atoms with Crippen molar-refractivity contribution in [2.45, 2.75) is 18.2 Å². The molecule has 2 aromatic carbocycles. The van der Waals surface area contributed by atoms with E-state index in [2.05, 4.69) is 10.6 Å². The molecule has 25 heavy (non-hydrogen) atoms. The maximum Gasteiger partial charge on any atom is 0.319 e. The largest absolute Gasteiger partial charge is 0.394 e. The highest BCUT2D eigenvalue weighted by Gasteiger charge is 2.14. The number of anilines is 1. The number of hydrogen-bond acceptors (Lipinski definition) is 4. The second kappa shape index (κ2) is 8.64. The van der Waals surface area contributed by atoms with Gasteiger partial charge in [-0.1, -0.05) is 48.5 Å². The molecular weight excluding hydrogens is 340 g/mol. The second-order valence-electron chi connectivity index (χ2n) is 5.89. The Bertz CT molecular complexity index is 807. The standard InChI is InChI=1S/C18H22N2O4S/c1-25(23,24)13-15-9-5-6-10-17(15)20-18(22)19-16(12-21)11-14-7-3-2-4-8-14/h2-10,16,21H,11-13H2,1H3,(H2,19,20,22). The molecule has 0 aromatic heterocycles. The van der Waals surface area contributed by atoms with Crippen molar-refractivity contribution < 1.29 is 18.3 Å². The third kappa shape index (κ3) is 6.56. The fourth-order valence-corrected chi connectivity index (χ4v) is 3.27. The van der Waals surface area contributed by atoms with Crippen LogP contribution in [0.15, 0.2) is 54.6 Å². The number of urea groups is 1. The number of nitrogens with one attached hydrogen (secondary N) is 2. The Hall–Kier alpha value is -2.38. The lowest BCUT2D eigenvalue weighted by Gasteiger charge is -2.18. The molecule has 0 spiro atoms. The Morgan fingerprint density at radius 2 is 1.72 bits per heavy atom. The molecule has 3 N–H and O–H groups in total. The van der Waals surface area contributed by atoms with Crippen molar-refractivity contribution in [2.75, 3.05) is 18.2 Å². The van der Waals surface area contributed by atoms with Crippen LogP contribution < -0.4 is 10.6 Å². The zero-order valence-corrected chi connectivity index (χ0v) is 14.8. The van der Waals surface area contributed by atoms with E-state index in [0.29, 0.717) is 17.7 Å². The molecule has 2 aromatic rings. The predicted molar refractivity (Wildman–Crippen MR) is 98.2 cm³/mol. The van der Waals surface area contributed by atoms with Crippen molar-refractivity contribution >= 4 is 21.6 Å². The molecule has 0 saturated carbocycles.